The van der Waals surface area contributed by atoms with Gasteiger partial charge in [-0.3, -0.25) is 4.79 Å². The number of halogens is 3. The number of hydrogen-bond donors (Lipinski definition) is 2. The van der Waals surface area contributed by atoms with Crippen LogP contribution in [0.1, 0.15) is 30.7 Å². The summed E-state index contributed by atoms with van der Waals surface area (Å²) in [5, 5.41) is 11.6. The van der Waals surface area contributed by atoms with E-state index in [1.54, 1.807) is 6.07 Å². The summed E-state index contributed by atoms with van der Waals surface area (Å²) in [6.45, 7) is 0.191. The summed E-state index contributed by atoms with van der Waals surface area (Å²) in [7, 11) is 0. The topological polar surface area (TPSA) is 49.3 Å². The number of nitrogens with one attached hydrogen (secondary N) is 1. The summed E-state index contributed by atoms with van der Waals surface area (Å²) in [6.07, 6.45) is -3.50. The van der Waals surface area contributed by atoms with Crippen molar-refractivity contribution >= 4 is 5.91 Å². The molecule has 0 bridgehead atoms. The lowest BCUT2D eigenvalue weighted by Gasteiger charge is -2.21. The highest BCUT2D eigenvalue weighted by molar-refractivity contribution is 5.77. The highest BCUT2D eigenvalue weighted by Gasteiger charge is 2.44. The number of benzene rings is 1. The van der Waals surface area contributed by atoms with Crippen molar-refractivity contribution in [2.24, 2.45) is 5.41 Å². The average Bonchev–Trinajstić information content (AvgIpc) is 3.23. The maximum absolute atomic E-state index is 13.1. The Balaban J connectivity index is 1.97. The molecular weight excluding hydrogens is 283 g/mol. The van der Waals surface area contributed by atoms with E-state index in [1.165, 1.54) is 24.3 Å². The van der Waals surface area contributed by atoms with Gasteiger partial charge in [-0.25, -0.2) is 0 Å². The van der Waals surface area contributed by atoms with Gasteiger partial charge < -0.3 is 10.4 Å². The second-order valence-corrected chi connectivity index (χ2v) is 5.64. The third-order valence-corrected chi connectivity index (χ3v) is 3.94. The van der Waals surface area contributed by atoms with Gasteiger partial charge in [-0.2, -0.15) is 13.2 Å². The van der Waals surface area contributed by atoms with E-state index in [9.17, 15) is 18.0 Å². The normalized spacial score (nSPS) is 18.1. The molecule has 0 saturated heterocycles. The minimum atomic E-state index is -4.47. The van der Waals surface area contributed by atoms with E-state index < -0.39 is 24.4 Å². The van der Waals surface area contributed by atoms with Gasteiger partial charge in [0.2, 0.25) is 5.91 Å². The molecule has 2 rings (SSSR count). The lowest BCUT2D eigenvalue weighted by atomic mass is 9.94. The number of hydrogen-bond acceptors (Lipinski definition) is 2. The fraction of sp³-hybridized carbons (Fsp3) is 0.533. The van der Waals surface area contributed by atoms with Crippen LogP contribution >= 0.6 is 0 Å². The van der Waals surface area contributed by atoms with Crippen LogP contribution in [0.4, 0.5) is 13.2 Å². The molecular formula is C15H18F3NO2. The van der Waals surface area contributed by atoms with Gasteiger partial charge in [0.15, 0.2) is 0 Å². The maximum atomic E-state index is 13.1. The predicted molar refractivity (Wildman–Crippen MR) is 71.6 cm³/mol. The number of carbonyl (C=O) groups excluding carboxylic acids is 1. The Morgan fingerprint density at radius 1 is 1.29 bits per heavy atom. The SMILES string of the molecule is O=C(CC(c1ccccc1)C(F)(F)F)NCC1(CO)CC1. The second-order valence-electron chi connectivity index (χ2n) is 5.64. The van der Waals surface area contributed by atoms with Crippen molar-refractivity contribution in [1.29, 1.82) is 0 Å². The van der Waals surface area contributed by atoms with Crippen LogP contribution in [0.2, 0.25) is 0 Å². The predicted octanol–water partition coefficient (Wildman–Crippen LogP) is 2.61. The minimum Gasteiger partial charge on any atom is -0.396 e. The van der Waals surface area contributed by atoms with Gasteiger partial charge in [0.1, 0.15) is 0 Å². The lowest BCUT2D eigenvalue weighted by Crippen LogP contribution is -2.35. The van der Waals surface area contributed by atoms with Crippen molar-refractivity contribution in [3.05, 3.63) is 35.9 Å². The zero-order chi connectivity index (χ0) is 15.5. The summed E-state index contributed by atoms with van der Waals surface area (Å²) in [5.74, 6) is -2.44. The van der Waals surface area contributed by atoms with Gasteiger partial charge in [0, 0.05) is 18.4 Å². The number of rotatable bonds is 6. The van der Waals surface area contributed by atoms with E-state index in [2.05, 4.69) is 5.32 Å². The van der Waals surface area contributed by atoms with Gasteiger partial charge in [-0.15, -0.1) is 0 Å². The fourth-order valence-corrected chi connectivity index (χ4v) is 2.22. The van der Waals surface area contributed by atoms with Crippen molar-refractivity contribution in [3.8, 4) is 0 Å². The summed E-state index contributed by atoms with van der Waals surface area (Å²) in [5.41, 5.74) is -0.223. The minimum absolute atomic E-state index is 0.0470. The van der Waals surface area contributed by atoms with Crippen LogP contribution in [-0.2, 0) is 4.79 Å². The zero-order valence-electron chi connectivity index (χ0n) is 11.5. The number of amides is 1. The fourth-order valence-electron chi connectivity index (χ4n) is 2.22. The first-order chi connectivity index (χ1) is 9.86. The monoisotopic (exact) mass is 301 g/mol. The Kier molecular flexibility index (Phi) is 4.56. The van der Waals surface area contributed by atoms with Crippen LogP contribution in [0.3, 0.4) is 0 Å². The number of carbonyl (C=O) groups is 1. The van der Waals surface area contributed by atoms with Crippen molar-refractivity contribution in [3.63, 3.8) is 0 Å². The standard InChI is InChI=1S/C15H18F3NO2/c16-15(17,18)12(11-4-2-1-3-5-11)8-13(21)19-9-14(10-20)6-7-14/h1-5,12,20H,6-10H2,(H,19,21). The van der Waals surface area contributed by atoms with Crippen LogP contribution < -0.4 is 5.32 Å². The zero-order valence-corrected chi connectivity index (χ0v) is 11.5. The van der Waals surface area contributed by atoms with E-state index in [-0.39, 0.29) is 24.1 Å². The smallest absolute Gasteiger partial charge is 0.396 e. The molecule has 0 aliphatic heterocycles. The van der Waals surface area contributed by atoms with Gasteiger partial charge in [-0.05, 0) is 18.4 Å². The molecule has 1 atom stereocenters. The Labute approximate surface area is 121 Å². The van der Waals surface area contributed by atoms with Gasteiger partial charge >= 0.3 is 6.18 Å². The van der Waals surface area contributed by atoms with Crippen molar-refractivity contribution in [1.82, 2.24) is 5.32 Å². The van der Waals surface area contributed by atoms with Gasteiger partial charge in [0.25, 0.3) is 0 Å². The first kappa shape index (κ1) is 15.8. The number of aliphatic hydroxyl groups excluding tert-OH is 1. The summed E-state index contributed by atoms with van der Waals surface area (Å²) in [4.78, 5) is 11.8. The molecule has 0 heterocycles. The Morgan fingerprint density at radius 2 is 1.90 bits per heavy atom. The maximum Gasteiger partial charge on any atom is 0.396 e. The van der Waals surface area contributed by atoms with Crippen molar-refractivity contribution in [2.75, 3.05) is 13.2 Å². The molecule has 2 N–H and O–H groups in total. The van der Waals surface area contributed by atoms with Crippen LogP contribution in [-0.4, -0.2) is 30.3 Å². The molecule has 1 aliphatic carbocycles. The number of aliphatic hydroxyl groups is 1. The molecule has 1 aromatic carbocycles. The third kappa shape index (κ3) is 4.20. The van der Waals surface area contributed by atoms with Crippen LogP contribution in [0.5, 0.6) is 0 Å². The quantitative estimate of drug-likeness (QED) is 0.848. The molecule has 116 valence electrons. The third-order valence-electron chi connectivity index (χ3n) is 3.94. The Morgan fingerprint density at radius 3 is 2.38 bits per heavy atom. The molecule has 1 amide bonds. The highest BCUT2D eigenvalue weighted by Crippen LogP contribution is 2.44. The molecule has 1 fully saturated rings. The molecule has 1 saturated carbocycles. The first-order valence-corrected chi connectivity index (χ1v) is 6.85. The molecule has 6 heteroatoms. The largest absolute Gasteiger partial charge is 0.396 e. The molecule has 1 unspecified atom stereocenters. The molecule has 21 heavy (non-hydrogen) atoms. The van der Waals surface area contributed by atoms with E-state index in [1.807, 2.05) is 0 Å². The number of alkyl halides is 3. The highest BCUT2D eigenvalue weighted by atomic mass is 19.4. The second kappa shape index (κ2) is 6.05. The molecule has 3 nitrogen and oxygen atoms in total. The molecule has 0 aromatic heterocycles. The van der Waals surface area contributed by atoms with Gasteiger partial charge in [0.05, 0.1) is 12.5 Å². The van der Waals surface area contributed by atoms with Crippen molar-refractivity contribution < 1.29 is 23.1 Å². The van der Waals surface area contributed by atoms with E-state index in [0.717, 1.165) is 12.8 Å². The van der Waals surface area contributed by atoms with Crippen molar-refractivity contribution in [2.45, 2.75) is 31.4 Å². The Hall–Kier alpha value is -1.56. The van der Waals surface area contributed by atoms with E-state index >= 15 is 0 Å². The molecule has 0 radical (unpaired) electrons. The summed E-state index contributed by atoms with van der Waals surface area (Å²) < 4.78 is 39.3. The first-order valence-electron chi connectivity index (χ1n) is 6.85. The van der Waals surface area contributed by atoms with Crippen LogP contribution in [0, 0.1) is 5.41 Å². The summed E-state index contributed by atoms with van der Waals surface area (Å²) >= 11 is 0. The van der Waals surface area contributed by atoms with Gasteiger partial charge in [-0.1, -0.05) is 30.3 Å². The lowest BCUT2D eigenvalue weighted by molar-refractivity contribution is -0.157. The average molecular weight is 301 g/mol. The van der Waals surface area contributed by atoms with E-state index in [0.29, 0.717) is 0 Å². The summed E-state index contributed by atoms with van der Waals surface area (Å²) in [6, 6.07) is 7.44. The van der Waals surface area contributed by atoms with E-state index in [4.69, 9.17) is 5.11 Å². The molecule has 0 spiro atoms. The van der Waals surface area contributed by atoms with Crippen LogP contribution in [0.25, 0.3) is 0 Å². The van der Waals surface area contributed by atoms with Crippen LogP contribution in [0.15, 0.2) is 30.3 Å². The molecule has 1 aliphatic rings. The Bertz CT molecular complexity index is 483. The molecule has 1 aromatic rings.